The first-order chi connectivity index (χ1) is 14.1. The molecule has 1 N–H and O–H groups in total. The van der Waals surface area contributed by atoms with Gasteiger partial charge in [-0.15, -0.1) is 0 Å². The number of amides is 1. The minimum atomic E-state index is -0.370. The van der Waals surface area contributed by atoms with Crippen molar-refractivity contribution in [3.8, 4) is 11.5 Å². The Kier molecular flexibility index (Phi) is 5.03. The molecule has 0 unspecified atom stereocenters. The van der Waals surface area contributed by atoms with Gasteiger partial charge in [0.15, 0.2) is 17.3 Å². The van der Waals surface area contributed by atoms with Gasteiger partial charge in [-0.1, -0.05) is 5.16 Å². The summed E-state index contributed by atoms with van der Waals surface area (Å²) in [7, 11) is 3.25. The number of carbonyl (C=O) groups is 1. The predicted octanol–water partition coefficient (Wildman–Crippen LogP) is 2.61. The van der Waals surface area contributed by atoms with Crippen molar-refractivity contribution < 1.29 is 18.8 Å². The van der Waals surface area contributed by atoms with E-state index in [2.05, 4.69) is 20.4 Å². The third-order valence-corrected chi connectivity index (χ3v) is 4.75. The number of ether oxygens (including phenoxy) is 2. The largest absolute Gasteiger partial charge is 0.493 e. The number of hydrogen-bond acceptors (Lipinski definition) is 8. The summed E-state index contributed by atoms with van der Waals surface area (Å²) in [4.78, 5) is 23.3. The van der Waals surface area contributed by atoms with Crippen molar-refractivity contribution in [2.75, 3.05) is 31.0 Å². The number of nitrogens with zero attached hydrogens (tertiary/aromatic N) is 4. The molecule has 3 aromatic rings. The molecule has 29 heavy (non-hydrogen) atoms. The number of anilines is 2. The Morgan fingerprint density at radius 1 is 1.17 bits per heavy atom. The maximum Gasteiger partial charge on any atom is 0.275 e. The molecule has 0 saturated carbocycles. The van der Waals surface area contributed by atoms with Crippen LogP contribution >= 0.6 is 0 Å². The van der Waals surface area contributed by atoms with E-state index in [-0.39, 0.29) is 11.6 Å². The molecule has 0 saturated heterocycles. The van der Waals surface area contributed by atoms with Crippen LogP contribution in [0.15, 0.2) is 35.0 Å². The molecule has 1 amide bonds. The van der Waals surface area contributed by atoms with Crippen LogP contribution in [0.3, 0.4) is 0 Å². The van der Waals surface area contributed by atoms with E-state index < -0.39 is 0 Å². The molecule has 1 aliphatic rings. The fourth-order valence-corrected chi connectivity index (χ4v) is 3.29. The van der Waals surface area contributed by atoms with Crippen molar-refractivity contribution >= 4 is 17.7 Å². The van der Waals surface area contributed by atoms with Gasteiger partial charge in [-0.25, -0.2) is 9.97 Å². The minimum absolute atomic E-state index is 0.258. The van der Waals surface area contributed by atoms with Crippen LogP contribution in [-0.2, 0) is 13.0 Å². The highest BCUT2D eigenvalue weighted by atomic mass is 16.5. The molecule has 3 heterocycles. The fourth-order valence-electron chi connectivity index (χ4n) is 3.29. The number of fused-ring (bicyclic) bond motifs is 1. The van der Waals surface area contributed by atoms with Crippen LogP contribution in [0.1, 0.15) is 27.4 Å². The number of nitrogens with one attached hydrogen (secondary N) is 1. The minimum Gasteiger partial charge on any atom is -0.493 e. The topological polar surface area (TPSA) is 103 Å². The third-order valence-electron chi connectivity index (χ3n) is 4.75. The Bertz CT molecular complexity index is 1050. The summed E-state index contributed by atoms with van der Waals surface area (Å²) >= 11 is 0. The number of methoxy groups -OCH3 is 2. The van der Waals surface area contributed by atoms with E-state index in [1.165, 1.54) is 5.56 Å². The van der Waals surface area contributed by atoms with Crippen molar-refractivity contribution in [2.45, 2.75) is 19.9 Å². The smallest absolute Gasteiger partial charge is 0.275 e. The molecule has 4 rings (SSSR count). The number of hydrogen-bond donors (Lipinski definition) is 1. The molecule has 9 heteroatoms. The van der Waals surface area contributed by atoms with Gasteiger partial charge < -0.3 is 24.2 Å². The Morgan fingerprint density at radius 3 is 2.62 bits per heavy atom. The molecule has 0 spiro atoms. The van der Waals surface area contributed by atoms with Gasteiger partial charge in [0.05, 0.1) is 14.2 Å². The fraction of sp³-hybridized carbons (Fsp3) is 0.300. The first-order valence-electron chi connectivity index (χ1n) is 9.14. The van der Waals surface area contributed by atoms with E-state index in [0.29, 0.717) is 29.8 Å². The van der Waals surface area contributed by atoms with Crippen LogP contribution in [0.5, 0.6) is 11.5 Å². The van der Waals surface area contributed by atoms with Crippen molar-refractivity contribution in [1.82, 2.24) is 15.1 Å². The van der Waals surface area contributed by atoms with Crippen molar-refractivity contribution in [1.29, 1.82) is 0 Å². The standard InChI is InChI=1S/C20H21N5O4/c1-12-8-18(24-29-12)23-19(26)15-4-6-21-20(22-15)25-7-5-13-9-16(27-2)17(28-3)10-14(13)11-25/h4,6,8-10H,5,7,11H2,1-3H3,(H,23,24,26). The number of rotatable bonds is 5. The van der Waals surface area contributed by atoms with Gasteiger partial charge in [0, 0.05) is 25.4 Å². The van der Waals surface area contributed by atoms with E-state index in [1.807, 2.05) is 17.0 Å². The molecule has 0 atom stereocenters. The zero-order valence-electron chi connectivity index (χ0n) is 16.4. The lowest BCUT2D eigenvalue weighted by atomic mass is 9.99. The molecule has 150 valence electrons. The van der Waals surface area contributed by atoms with Gasteiger partial charge in [0.2, 0.25) is 5.95 Å². The average molecular weight is 395 g/mol. The van der Waals surface area contributed by atoms with Crippen LogP contribution in [0, 0.1) is 6.92 Å². The molecule has 9 nitrogen and oxygen atoms in total. The van der Waals surface area contributed by atoms with Gasteiger partial charge in [0.1, 0.15) is 11.5 Å². The molecule has 1 aliphatic heterocycles. The van der Waals surface area contributed by atoms with Gasteiger partial charge in [-0.2, -0.15) is 0 Å². The normalized spacial score (nSPS) is 13.0. The second-order valence-corrected chi connectivity index (χ2v) is 6.67. The molecule has 0 fully saturated rings. The summed E-state index contributed by atoms with van der Waals surface area (Å²) in [5, 5.41) is 6.44. The number of aryl methyl sites for hydroxylation is 1. The first-order valence-corrected chi connectivity index (χ1v) is 9.14. The highest BCUT2D eigenvalue weighted by Crippen LogP contribution is 2.33. The van der Waals surface area contributed by atoms with Crippen LogP contribution in [-0.4, -0.2) is 41.8 Å². The molecule has 0 aliphatic carbocycles. The second-order valence-electron chi connectivity index (χ2n) is 6.67. The summed E-state index contributed by atoms with van der Waals surface area (Å²) in [6.45, 7) is 3.10. The third kappa shape index (κ3) is 3.84. The molecular weight excluding hydrogens is 374 g/mol. The maximum atomic E-state index is 12.5. The number of benzene rings is 1. The number of carbonyl (C=O) groups excluding carboxylic acids is 1. The van der Waals surface area contributed by atoms with E-state index in [4.69, 9.17) is 14.0 Å². The molecule has 2 aromatic heterocycles. The van der Waals surface area contributed by atoms with Crippen molar-refractivity contribution in [3.63, 3.8) is 0 Å². The maximum absolute atomic E-state index is 12.5. The van der Waals surface area contributed by atoms with E-state index in [9.17, 15) is 4.79 Å². The SMILES string of the molecule is COc1cc2c(cc1OC)CN(c1nccc(C(=O)Nc3cc(C)on3)n1)CC2. The van der Waals surface area contributed by atoms with Gasteiger partial charge in [0.25, 0.3) is 5.91 Å². The highest BCUT2D eigenvalue weighted by Gasteiger charge is 2.22. The Balaban J connectivity index is 1.54. The van der Waals surface area contributed by atoms with E-state index in [1.54, 1.807) is 39.5 Å². The van der Waals surface area contributed by atoms with Crippen LogP contribution < -0.4 is 19.7 Å². The first kappa shape index (κ1) is 18.7. The van der Waals surface area contributed by atoms with E-state index in [0.717, 1.165) is 24.3 Å². The van der Waals surface area contributed by atoms with Crippen LogP contribution in [0.4, 0.5) is 11.8 Å². The average Bonchev–Trinajstić information content (AvgIpc) is 3.16. The zero-order valence-corrected chi connectivity index (χ0v) is 16.4. The summed E-state index contributed by atoms with van der Waals surface area (Å²) < 4.78 is 15.8. The number of aromatic nitrogens is 3. The zero-order chi connectivity index (χ0) is 20.4. The lowest BCUT2D eigenvalue weighted by Gasteiger charge is -2.29. The Morgan fingerprint density at radius 2 is 1.93 bits per heavy atom. The van der Waals surface area contributed by atoms with Gasteiger partial charge >= 0.3 is 0 Å². The van der Waals surface area contributed by atoms with E-state index >= 15 is 0 Å². The van der Waals surface area contributed by atoms with Crippen LogP contribution in [0.25, 0.3) is 0 Å². The summed E-state index contributed by atoms with van der Waals surface area (Å²) in [6.07, 6.45) is 2.39. The lowest BCUT2D eigenvalue weighted by Crippen LogP contribution is -2.32. The monoisotopic (exact) mass is 395 g/mol. The quantitative estimate of drug-likeness (QED) is 0.703. The molecule has 1 aromatic carbocycles. The van der Waals surface area contributed by atoms with Gasteiger partial charge in [-0.3, -0.25) is 4.79 Å². The van der Waals surface area contributed by atoms with Crippen molar-refractivity contribution in [2.24, 2.45) is 0 Å². The van der Waals surface area contributed by atoms with Crippen LogP contribution in [0.2, 0.25) is 0 Å². The summed E-state index contributed by atoms with van der Waals surface area (Å²) in [5.74, 6) is 2.49. The Hall–Kier alpha value is -3.62. The molecule has 0 bridgehead atoms. The van der Waals surface area contributed by atoms with Crippen molar-refractivity contribution in [3.05, 3.63) is 53.0 Å². The lowest BCUT2D eigenvalue weighted by molar-refractivity contribution is 0.102. The van der Waals surface area contributed by atoms with Gasteiger partial charge in [-0.05, 0) is 42.7 Å². The summed E-state index contributed by atoms with van der Waals surface area (Å²) in [5.41, 5.74) is 2.58. The predicted molar refractivity (Wildman–Crippen MR) is 106 cm³/mol. The highest BCUT2D eigenvalue weighted by molar-refractivity contribution is 6.02. The summed E-state index contributed by atoms with van der Waals surface area (Å²) in [6, 6.07) is 7.20. The molecule has 0 radical (unpaired) electrons. The molecular formula is C20H21N5O4. The second kappa shape index (κ2) is 7.78. The Labute approximate surface area is 167 Å².